The van der Waals surface area contributed by atoms with Crippen molar-refractivity contribution < 1.29 is 4.42 Å². The van der Waals surface area contributed by atoms with E-state index in [1.54, 1.807) is 0 Å². The SMILES string of the molecule is Nc1cc2c3c(c1)N(c1cc(-c4ccccc4)cc(-c4ccccc4)c1)c1cc4c(Cc5ccccc5)c5ccccc5c(Cc5ccccc5)c4cc1B3n1c3ccccc3c3c4oc5ccccc5c4cc-2c31. The Morgan fingerprint density at radius 2 is 0.960 bits per heavy atom. The lowest BCUT2D eigenvalue weighted by atomic mass is 9.45. The van der Waals surface area contributed by atoms with Crippen LogP contribution in [0.4, 0.5) is 22.7 Å². The number of furan rings is 1. The zero-order chi connectivity index (χ0) is 49.3. The molecule has 2 aliphatic heterocycles. The van der Waals surface area contributed by atoms with Gasteiger partial charge in [0, 0.05) is 55.5 Å². The first kappa shape index (κ1) is 42.0. The summed E-state index contributed by atoms with van der Waals surface area (Å²) >= 11 is 0. The van der Waals surface area contributed by atoms with E-state index < -0.39 is 0 Å². The van der Waals surface area contributed by atoms with Gasteiger partial charge in [-0.3, -0.25) is 0 Å². The molecule has 0 radical (unpaired) electrons. The van der Waals surface area contributed by atoms with E-state index in [1.807, 2.05) is 0 Å². The molecule has 0 unspecified atom stereocenters. The van der Waals surface area contributed by atoms with E-state index in [9.17, 15) is 0 Å². The molecule has 0 aliphatic carbocycles. The fraction of sp³-hybridized carbons (Fsp3) is 0.0286. The maximum Gasteiger partial charge on any atom is 0.333 e. The van der Waals surface area contributed by atoms with Gasteiger partial charge in [-0.15, -0.1) is 0 Å². The van der Waals surface area contributed by atoms with Crippen LogP contribution >= 0.6 is 0 Å². The lowest BCUT2D eigenvalue weighted by Gasteiger charge is -2.41. The fourth-order valence-corrected chi connectivity index (χ4v) is 13.2. The van der Waals surface area contributed by atoms with Crippen LogP contribution in [0.5, 0.6) is 0 Å². The number of benzene rings is 12. The van der Waals surface area contributed by atoms with Gasteiger partial charge in [0.25, 0.3) is 0 Å². The molecule has 0 atom stereocenters. The Labute approximate surface area is 434 Å². The molecule has 0 saturated carbocycles. The van der Waals surface area contributed by atoms with Crippen molar-refractivity contribution in [2.75, 3.05) is 10.6 Å². The van der Waals surface area contributed by atoms with Crippen molar-refractivity contribution in [2.45, 2.75) is 12.8 Å². The highest BCUT2D eigenvalue weighted by Crippen LogP contribution is 2.51. The van der Waals surface area contributed by atoms with Crippen LogP contribution in [0.25, 0.3) is 98.7 Å². The van der Waals surface area contributed by atoms with E-state index in [0.29, 0.717) is 0 Å². The first-order valence-corrected chi connectivity index (χ1v) is 26.1. The summed E-state index contributed by atoms with van der Waals surface area (Å²) in [7, 11) is 0. The van der Waals surface area contributed by atoms with E-state index in [1.165, 1.54) is 71.1 Å². The standard InChI is InChI=1S/C70H46BN3O/c72-49-38-59-60-40-61-53-29-16-18-32-66(53)75-70(61)67-54-30-15-17-31-63(54)74(69(60)67)71-62-41-57-55(33-43-19-5-1-6-20-43)51-27-13-14-28-52(51)56(34-44-21-7-2-8-22-44)58(57)42-64(62)73(65(39-49)68(59)71)50-36-47(45-23-9-3-10-24-45)35-48(37-50)46-25-11-4-12-26-46/h1-32,35-42H,33-34,72H2. The van der Waals surface area contributed by atoms with Gasteiger partial charge in [0.05, 0.1) is 5.39 Å². The summed E-state index contributed by atoms with van der Waals surface area (Å²) < 4.78 is 9.60. The molecule has 0 spiro atoms. The Hall–Kier alpha value is -9.58. The topological polar surface area (TPSA) is 47.3 Å². The molecule has 0 fully saturated rings. The second-order valence-electron chi connectivity index (χ2n) is 20.5. The van der Waals surface area contributed by atoms with Crippen molar-refractivity contribution in [1.29, 1.82) is 0 Å². The van der Waals surface area contributed by atoms with E-state index in [0.717, 1.165) is 96.3 Å². The normalized spacial score (nSPS) is 12.6. The summed E-state index contributed by atoms with van der Waals surface area (Å²) in [4.78, 5) is 2.55. The van der Waals surface area contributed by atoms with Gasteiger partial charge in [-0.05, 0) is 150 Å². The number of aromatic nitrogens is 1. The number of nitrogens with two attached hydrogens (primary N) is 1. The Balaban J connectivity index is 1.09. The first-order chi connectivity index (χ1) is 37.1. The molecule has 16 rings (SSSR count). The molecule has 2 N–H and O–H groups in total. The van der Waals surface area contributed by atoms with E-state index in [-0.39, 0.29) is 6.85 Å². The van der Waals surface area contributed by atoms with Crippen LogP contribution in [0.3, 0.4) is 0 Å². The first-order valence-electron chi connectivity index (χ1n) is 26.1. The number of nitrogens with zero attached hydrogens (tertiary/aromatic N) is 2. The maximum absolute atomic E-state index is 7.34. The van der Waals surface area contributed by atoms with Gasteiger partial charge in [0.2, 0.25) is 0 Å². The highest BCUT2D eigenvalue weighted by atomic mass is 16.3. The third-order valence-electron chi connectivity index (χ3n) is 16.3. The monoisotopic (exact) mass is 955 g/mol. The van der Waals surface area contributed by atoms with Crippen molar-refractivity contribution in [1.82, 2.24) is 4.48 Å². The third-order valence-corrected chi connectivity index (χ3v) is 16.3. The number of anilines is 4. The third kappa shape index (κ3) is 6.31. The molecule has 4 nitrogen and oxygen atoms in total. The predicted molar refractivity (Wildman–Crippen MR) is 316 cm³/mol. The predicted octanol–water partition coefficient (Wildman–Crippen LogP) is 16.5. The Bertz CT molecular complexity index is 4600. The molecule has 0 saturated heterocycles. The van der Waals surface area contributed by atoms with Gasteiger partial charge in [0.1, 0.15) is 11.2 Å². The second kappa shape index (κ2) is 16.2. The molecule has 2 aromatic heterocycles. The molecule has 5 heteroatoms. The van der Waals surface area contributed by atoms with E-state index >= 15 is 0 Å². The minimum Gasteiger partial charge on any atom is -0.455 e. The summed E-state index contributed by atoms with van der Waals surface area (Å²) in [5.74, 6) is 0. The van der Waals surface area contributed by atoms with Crippen LogP contribution in [0.15, 0.2) is 247 Å². The van der Waals surface area contributed by atoms with Crippen LogP contribution in [-0.2, 0) is 12.8 Å². The minimum absolute atomic E-state index is 0.220. The lowest BCUT2D eigenvalue weighted by Crippen LogP contribution is -2.56. The fourth-order valence-electron chi connectivity index (χ4n) is 13.2. The van der Waals surface area contributed by atoms with Gasteiger partial charge in [-0.2, -0.15) is 0 Å². The smallest absolute Gasteiger partial charge is 0.333 e. The van der Waals surface area contributed by atoms with Gasteiger partial charge in [0.15, 0.2) is 0 Å². The summed E-state index contributed by atoms with van der Waals surface area (Å²) in [5.41, 5.74) is 30.1. The van der Waals surface area contributed by atoms with Gasteiger partial charge in [-0.1, -0.05) is 188 Å². The number of hydrogen-bond acceptors (Lipinski definition) is 3. The van der Waals surface area contributed by atoms with Crippen molar-refractivity contribution in [3.63, 3.8) is 0 Å². The van der Waals surface area contributed by atoms with Crippen molar-refractivity contribution in [2.24, 2.45) is 0 Å². The number of nitrogen functional groups attached to an aromatic ring is 1. The number of fused-ring (bicyclic) bond motifs is 13. The molecule has 0 bridgehead atoms. The molecular weight excluding hydrogens is 910 g/mol. The lowest BCUT2D eigenvalue weighted by molar-refractivity contribution is 0.673. The molecule has 350 valence electrons. The summed E-state index contributed by atoms with van der Waals surface area (Å²) in [6, 6.07) is 89.3. The van der Waals surface area contributed by atoms with E-state index in [4.69, 9.17) is 10.2 Å². The van der Waals surface area contributed by atoms with Gasteiger partial charge in [-0.25, -0.2) is 0 Å². The van der Waals surface area contributed by atoms with Gasteiger partial charge >= 0.3 is 6.85 Å². The van der Waals surface area contributed by atoms with Crippen molar-refractivity contribution in [3.8, 4) is 33.4 Å². The Morgan fingerprint density at radius 3 is 1.60 bits per heavy atom. The molecule has 0 amide bonds. The molecule has 75 heavy (non-hydrogen) atoms. The van der Waals surface area contributed by atoms with Crippen LogP contribution in [0, 0.1) is 0 Å². The molecule has 12 aromatic carbocycles. The average Bonchev–Trinajstić information content (AvgIpc) is 4.24. The molecular formula is C70H46BN3O. The zero-order valence-electron chi connectivity index (χ0n) is 41.0. The quantitative estimate of drug-likeness (QED) is 0.0984. The van der Waals surface area contributed by atoms with Crippen LogP contribution in [0.1, 0.15) is 22.3 Å². The Morgan fingerprint density at radius 1 is 0.413 bits per heavy atom. The number of para-hydroxylation sites is 2. The van der Waals surface area contributed by atoms with E-state index in [2.05, 4.69) is 252 Å². The Kier molecular flexibility index (Phi) is 9.08. The average molecular weight is 956 g/mol. The van der Waals surface area contributed by atoms with Crippen LogP contribution in [-0.4, -0.2) is 11.3 Å². The molecule has 2 aliphatic rings. The largest absolute Gasteiger partial charge is 0.455 e. The second-order valence-corrected chi connectivity index (χ2v) is 20.5. The van der Waals surface area contributed by atoms with Crippen molar-refractivity contribution >= 4 is 106 Å². The number of hydrogen-bond donors (Lipinski definition) is 1. The summed E-state index contributed by atoms with van der Waals surface area (Å²) in [6.07, 6.45) is 1.57. The highest BCUT2D eigenvalue weighted by Gasteiger charge is 2.44. The van der Waals surface area contributed by atoms with Crippen LogP contribution in [0.2, 0.25) is 0 Å². The number of rotatable bonds is 7. The summed E-state index contributed by atoms with van der Waals surface area (Å²) in [5, 5.41) is 9.63. The minimum atomic E-state index is -0.220. The summed E-state index contributed by atoms with van der Waals surface area (Å²) in [6.45, 7) is -0.220. The molecule has 4 heterocycles. The van der Waals surface area contributed by atoms with Crippen molar-refractivity contribution in [3.05, 3.63) is 265 Å². The zero-order valence-corrected chi connectivity index (χ0v) is 41.0. The highest BCUT2D eigenvalue weighted by molar-refractivity contribution is 6.90. The molecule has 14 aromatic rings. The maximum atomic E-state index is 7.34. The van der Waals surface area contributed by atoms with Crippen LogP contribution < -0.4 is 21.6 Å². The van der Waals surface area contributed by atoms with Gasteiger partial charge < -0.3 is 19.5 Å².